The molecule has 4 heteroatoms. The molecule has 1 nitrogen and oxygen atoms in total. The molecule has 0 spiro atoms. The first kappa shape index (κ1) is 18.7. The van der Waals surface area contributed by atoms with Crippen molar-refractivity contribution in [2.24, 2.45) is 5.92 Å². The summed E-state index contributed by atoms with van der Waals surface area (Å²) in [5.41, 5.74) is 1.05. The van der Waals surface area contributed by atoms with Gasteiger partial charge < -0.3 is 4.74 Å². The second-order valence-corrected chi connectivity index (χ2v) is 6.79. The van der Waals surface area contributed by atoms with Crippen molar-refractivity contribution in [3.05, 3.63) is 71.6 Å². The van der Waals surface area contributed by atoms with Gasteiger partial charge in [-0.15, -0.1) is 6.58 Å². The van der Waals surface area contributed by atoms with Crippen molar-refractivity contribution in [1.29, 1.82) is 0 Å². The summed E-state index contributed by atoms with van der Waals surface area (Å²) < 4.78 is 49.4. The van der Waals surface area contributed by atoms with Crippen molar-refractivity contribution >= 4 is 0 Å². The van der Waals surface area contributed by atoms with Crippen LogP contribution in [0.3, 0.4) is 0 Å². The molecule has 1 saturated heterocycles. The first-order valence-corrected chi connectivity index (χ1v) is 9.06. The van der Waals surface area contributed by atoms with Crippen LogP contribution in [0.1, 0.15) is 43.4 Å². The van der Waals surface area contributed by atoms with Gasteiger partial charge in [0.15, 0.2) is 11.6 Å². The number of hydrogen-bond acceptors (Lipinski definition) is 1. The zero-order valence-electron chi connectivity index (χ0n) is 14.9. The molecular weight excluding hydrogens is 337 g/mol. The molecule has 2 atom stereocenters. The van der Waals surface area contributed by atoms with E-state index in [2.05, 4.69) is 6.58 Å². The van der Waals surface area contributed by atoms with E-state index in [1.807, 2.05) is 13.0 Å². The second kappa shape index (κ2) is 8.09. The van der Waals surface area contributed by atoms with Crippen LogP contribution in [-0.2, 0) is 11.2 Å². The topological polar surface area (TPSA) is 9.23 Å². The van der Waals surface area contributed by atoms with E-state index in [1.54, 1.807) is 6.07 Å². The van der Waals surface area contributed by atoms with Gasteiger partial charge in [-0.25, -0.2) is 13.2 Å². The minimum absolute atomic E-state index is 0.0634. The van der Waals surface area contributed by atoms with Gasteiger partial charge in [0.25, 0.3) is 0 Å². The van der Waals surface area contributed by atoms with E-state index in [9.17, 15) is 13.2 Å². The Kier molecular flexibility index (Phi) is 5.82. The third kappa shape index (κ3) is 3.70. The molecule has 1 aliphatic heterocycles. The van der Waals surface area contributed by atoms with Crippen LogP contribution in [0.4, 0.5) is 13.2 Å². The van der Waals surface area contributed by atoms with E-state index in [1.165, 1.54) is 24.3 Å². The van der Waals surface area contributed by atoms with Gasteiger partial charge in [-0.3, -0.25) is 0 Å². The summed E-state index contributed by atoms with van der Waals surface area (Å²) in [4.78, 5) is 0. The van der Waals surface area contributed by atoms with Gasteiger partial charge in [-0.05, 0) is 30.9 Å². The molecule has 1 heterocycles. The van der Waals surface area contributed by atoms with Crippen LogP contribution >= 0.6 is 0 Å². The lowest BCUT2D eigenvalue weighted by Crippen LogP contribution is -2.20. The summed E-state index contributed by atoms with van der Waals surface area (Å²) >= 11 is 0. The summed E-state index contributed by atoms with van der Waals surface area (Å²) in [7, 11) is 0. The van der Waals surface area contributed by atoms with Crippen molar-refractivity contribution in [3.8, 4) is 11.1 Å². The summed E-state index contributed by atoms with van der Waals surface area (Å²) in [5.74, 6) is -2.28. The number of ether oxygens (including phenoxy) is 1. The van der Waals surface area contributed by atoms with Crippen molar-refractivity contribution in [2.75, 3.05) is 6.61 Å². The van der Waals surface area contributed by atoms with Crippen LogP contribution < -0.4 is 0 Å². The van der Waals surface area contributed by atoms with E-state index in [0.29, 0.717) is 13.0 Å². The molecule has 0 aromatic heterocycles. The fourth-order valence-corrected chi connectivity index (χ4v) is 3.45. The van der Waals surface area contributed by atoms with E-state index in [4.69, 9.17) is 4.74 Å². The van der Waals surface area contributed by atoms with Gasteiger partial charge in [0.1, 0.15) is 5.82 Å². The van der Waals surface area contributed by atoms with Crippen LogP contribution in [-0.4, -0.2) is 6.61 Å². The Bertz CT molecular complexity index is 792. The molecule has 26 heavy (non-hydrogen) atoms. The minimum atomic E-state index is -1.03. The van der Waals surface area contributed by atoms with Crippen LogP contribution in [0.5, 0.6) is 0 Å². The highest BCUT2D eigenvalue weighted by atomic mass is 19.2. The lowest BCUT2D eigenvalue weighted by molar-refractivity contribution is -0.00732. The fourth-order valence-electron chi connectivity index (χ4n) is 3.45. The lowest BCUT2D eigenvalue weighted by atomic mass is 9.92. The highest BCUT2D eigenvalue weighted by Gasteiger charge is 2.26. The zero-order valence-corrected chi connectivity index (χ0v) is 14.9. The molecular formula is C22H23F3O. The molecule has 0 radical (unpaired) electrons. The Morgan fingerprint density at radius 1 is 1.08 bits per heavy atom. The van der Waals surface area contributed by atoms with Gasteiger partial charge in [-0.2, -0.15) is 0 Å². The quantitative estimate of drug-likeness (QED) is 0.562. The monoisotopic (exact) mass is 360 g/mol. The molecule has 2 aromatic carbocycles. The largest absolute Gasteiger partial charge is 0.373 e. The molecule has 1 fully saturated rings. The summed E-state index contributed by atoms with van der Waals surface area (Å²) in [5, 5.41) is 0. The number of halogens is 3. The van der Waals surface area contributed by atoms with E-state index < -0.39 is 23.6 Å². The standard InChI is InChI=1S/C22H23F3O/c1-3-5-15-6-8-16(19(23)12-15)17-9-10-18(22(25)21(17)24)20-11-7-14(4-2)13-26-20/h4,6,8-10,12,14,20H,2-3,5,7,11,13H2,1H3. The van der Waals surface area contributed by atoms with Gasteiger partial charge in [-0.1, -0.05) is 43.7 Å². The molecule has 2 unspecified atom stereocenters. The van der Waals surface area contributed by atoms with Crippen LogP contribution in [0, 0.1) is 23.4 Å². The highest BCUT2D eigenvalue weighted by molar-refractivity contribution is 5.66. The maximum absolute atomic E-state index is 14.7. The Morgan fingerprint density at radius 2 is 1.85 bits per heavy atom. The van der Waals surface area contributed by atoms with E-state index in [-0.39, 0.29) is 22.6 Å². The van der Waals surface area contributed by atoms with Crippen molar-refractivity contribution in [3.63, 3.8) is 0 Å². The lowest BCUT2D eigenvalue weighted by Gasteiger charge is -2.28. The minimum Gasteiger partial charge on any atom is -0.373 e. The summed E-state index contributed by atoms with van der Waals surface area (Å²) in [6, 6.07) is 7.61. The first-order valence-electron chi connectivity index (χ1n) is 9.06. The third-order valence-electron chi connectivity index (χ3n) is 4.97. The van der Waals surface area contributed by atoms with E-state index >= 15 is 0 Å². The second-order valence-electron chi connectivity index (χ2n) is 6.79. The molecule has 0 saturated carbocycles. The molecule has 0 aliphatic carbocycles. The maximum Gasteiger partial charge on any atom is 0.167 e. The van der Waals surface area contributed by atoms with Gasteiger partial charge in [0.05, 0.1) is 12.7 Å². The maximum atomic E-state index is 14.7. The molecule has 2 aromatic rings. The van der Waals surface area contributed by atoms with Gasteiger partial charge >= 0.3 is 0 Å². The van der Waals surface area contributed by atoms with Crippen LogP contribution in [0.25, 0.3) is 11.1 Å². The predicted octanol–water partition coefficient (Wildman–Crippen LogP) is 6.38. The normalized spacial score (nSPS) is 20.2. The fraction of sp³-hybridized carbons (Fsp3) is 0.364. The Hall–Kier alpha value is -2.07. The number of benzene rings is 2. The molecule has 0 bridgehead atoms. The number of hydrogen-bond donors (Lipinski definition) is 0. The number of aryl methyl sites for hydroxylation is 1. The molecule has 0 amide bonds. The molecule has 1 aliphatic rings. The Labute approximate surface area is 152 Å². The highest BCUT2D eigenvalue weighted by Crippen LogP contribution is 2.36. The van der Waals surface area contributed by atoms with Gasteiger partial charge in [0, 0.05) is 22.6 Å². The first-order chi connectivity index (χ1) is 12.5. The van der Waals surface area contributed by atoms with Gasteiger partial charge in [0.2, 0.25) is 0 Å². The SMILES string of the molecule is C=CC1CCC(c2ccc(-c3ccc(CCC)cc3F)c(F)c2F)OC1. The Balaban J connectivity index is 1.89. The van der Waals surface area contributed by atoms with Crippen LogP contribution in [0.2, 0.25) is 0 Å². The average molecular weight is 360 g/mol. The smallest absolute Gasteiger partial charge is 0.167 e. The van der Waals surface area contributed by atoms with Crippen LogP contribution in [0.15, 0.2) is 43.0 Å². The summed E-state index contributed by atoms with van der Waals surface area (Å²) in [6.07, 6.45) is 4.41. The Morgan fingerprint density at radius 3 is 2.46 bits per heavy atom. The molecule has 138 valence electrons. The number of rotatable bonds is 5. The average Bonchev–Trinajstić information content (AvgIpc) is 2.65. The molecule has 3 rings (SSSR count). The molecule has 0 N–H and O–H groups in total. The summed E-state index contributed by atoms with van der Waals surface area (Å²) in [6.45, 7) is 6.19. The van der Waals surface area contributed by atoms with E-state index in [0.717, 1.165) is 24.8 Å². The van der Waals surface area contributed by atoms with Crippen molar-refractivity contribution in [2.45, 2.75) is 38.7 Å². The predicted molar refractivity (Wildman–Crippen MR) is 97.4 cm³/mol. The zero-order chi connectivity index (χ0) is 18.7. The van der Waals surface area contributed by atoms with Crippen molar-refractivity contribution < 1.29 is 17.9 Å². The third-order valence-corrected chi connectivity index (χ3v) is 4.97. The van der Waals surface area contributed by atoms with Crippen molar-refractivity contribution in [1.82, 2.24) is 0 Å².